The molecule has 146 valence electrons. The Morgan fingerprint density at radius 3 is 2.04 bits per heavy atom. The molecular formula is C20H32N2O3S. The minimum Gasteiger partial charge on any atom is -0.352 e. The van der Waals surface area contributed by atoms with E-state index in [2.05, 4.69) is 5.32 Å². The lowest BCUT2D eigenvalue weighted by molar-refractivity contribution is -0.120. The summed E-state index contributed by atoms with van der Waals surface area (Å²) in [6, 6.07) is 4.06. The van der Waals surface area contributed by atoms with Gasteiger partial charge in [-0.25, -0.2) is 8.42 Å². The van der Waals surface area contributed by atoms with Crippen molar-refractivity contribution in [3.05, 3.63) is 28.8 Å². The van der Waals surface area contributed by atoms with Crippen LogP contribution < -0.4 is 9.62 Å². The number of sulfonamides is 1. The maximum atomic E-state index is 12.6. The fraction of sp³-hybridized carbons (Fsp3) is 0.650. The van der Waals surface area contributed by atoms with Crippen LogP contribution in [0.25, 0.3) is 0 Å². The van der Waals surface area contributed by atoms with Gasteiger partial charge in [-0.2, -0.15) is 0 Å². The number of amides is 1. The lowest BCUT2D eigenvalue weighted by Gasteiger charge is -2.27. The zero-order valence-corrected chi connectivity index (χ0v) is 17.3. The first-order chi connectivity index (χ1) is 12.2. The molecule has 5 nitrogen and oxygen atoms in total. The minimum absolute atomic E-state index is 0.157. The van der Waals surface area contributed by atoms with E-state index in [-0.39, 0.29) is 18.5 Å². The molecule has 1 saturated carbocycles. The highest BCUT2D eigenvalue weighted by atomic mass is 32.2. The number of hydrogen-bond donors (Lipinski definition) is 1. The van der Waals surface area contributed by atoms with Gasteiger partial charge in [0.15, 0.2) is 0 Å². The number of rotatable bonds is 5. The Hall–Kier alpha value is -1.56. The number of nitrogens with zero attached hydrogens (tertiary/aromatic N) is 1. The van der Waals surface area contributed by atoms with E-state index >= 15 is 0 Å². The smallest absolute Gasteiger partial charge is 0.240 e. The summed E-state index contributed by atoms with van der Waals surface area (Å²) >= 11 is 0. The molecule has 0 heterocycles. The Kier molecular flexibility index (Phi) is 7.09. The zero-order chi connectivity index (χ0) is 19.3. The summed E-state index contributed by atoms with van der Waals surface area (Å²) in [7, 11) is -3.55. The van der Waals surface area contributed by atoms with Crippen LogP contribution in [0.1, 0.15) is 61.6 Å². The van der Waals surface area contributed by atoms with Gasteiger partial charge in [-0.05, 0) is 44.7 Å². The third-order valence-electron chi connectivity index (χ3n) is 5.04. The number of anilines is 1. The summed E-state index contributed by atoms with van der Waals surface area (Å²) in [6.07, 6.45) is 9.06. The van der Waals surface area contributed by atoms with Gasteiger partial charge in [0.2, 0.25) is 15.9 Å². The van der Waals surface area contributed by atoms with Gasteiger partial charge >= 0.3 is 0 Å². The van der Waals surface area contributed by atoms with Gasteiger partial charge in [0.25, 0.3) is 0 Å². The van der Waals surface area contributed by atoms with Gasteiger partial charge in [-0.15, -0.1) is 0 Å². The second-order valence-corrected chi connectivity index (χ2v) is 9.53. The Morgan fingerprint density at radius 2 is 1.54 bits per heavy atom. The van der Waals surface area contributed by atoms with Crippen LogP contribution in [0.3, 0.4) is 0 Å². The highest BCUT2D eigenvalue weighted by Crippen LogP contribution is 2.28. The number of hydrogen-bond acceptors (Lipinski definition) is 3. The fourth-order valence-electron chi connectivity index (χ4n) is 3.93. The summed E-state index contributed by atoms with van der Waals surface area (Å²) in [5.41, 5.74) is 3.43. The van der Waals surface area contributed by atoms with Crippen molar-refractivity contribution in [1.29, 1.82) is 0 Å². The third-order valence-corrected chi connectivity index (χ3v) is 6.15. The van der Waals surface area contributed by atoms with Crippen LogP contribution in [0.5, 0.6) is 0 Å². The Morgan fingerprint density at radius 1 is 1.04 bits per heavy atom. The van der Waals surface area contributed by atoms with Crippen LogP contribution in [-0.2, 0) is 14.8 Å². The van der Waals surface area contributed by atoms with Crippen molar-refractivity contribution in [2.45, 2.75) is 71.8 Å². The zero-order valence-electron chi connectivity index (χ0n) is 16.5. The van der Waals surface area contributed by atoms with Crippen LogP contribution in [0.15, 0.2) is 12.1 Å². The van der Waals surface area contributed by atoms with Crippen molar-refractivity contribution < 1.29 is 13.2 Å². The van der Waals surface area contributed by atoms with Crippen molar-refractivity contribution in [2.24, 2.45) is 0 Å². The minimum atomic E-state index is -3.55. The molecule has 0 aromatic heterocycles. The fourth-order valence-corrected chi connectivity index (χ4v) is 4.90. The molecule has 1 amide bonds. The average molecular weight is 381 g/mol. The molecule has 1 N–H and O–H groups in total. The summed E-state index contributed by atoms with van der Waals surface area (Å²) in [5.74, 6) is -0.222. The normalized spacial score (nSPS) is 16.6. The molecule has 0 bridgehead atoms. The van der Waals surface area contributed by atoms with Crippen molar-refractivity contribution in [1.82, 2.24) is 5.32 Å². The van der Waals surface area contributed by atoms with E-state index in [1.54, 1.807) is 0 Å². The number of aryl methyl sites for hydroxylation is 3. The van der Waals surface area contributed by atoms with Gasteiger partial charge in [0.05, 0.1) is 11.9 Å². The maximum Gasteiger partial charge on any atom is 0.240 e. The predicted molar refractivity (Wildman–Crippen MR) is 107 cm³/mol. The number of carbonyl (C=O) groups excluding carboxylic acids is 1. The first-order valence-electron chi connectivity index (χ1n) is 9.53. The van der Waals surface area contributed by atoms with Crippen LogP contribution in [0.4, 0.5) is 5.69 Å². The predicted octanol–water partition coefficient (Wildman–Crippen LogP) is 3.61. The Balaban J connectivity index is 2.17. The molecule has 0 aliphatic heterocycles. The third kappa shape index (κ3) is 5.73. The van der Waals surface area contributed by atoms with E-state index in [1.807, 2.05) is 32.9 Å². The summed E-state index contributed by atoms with van der Waals surface area (Å²) in [5, 5.41) is 3.06. The van der Waals surface area contributed by atoms with Crippen molar-refractivity contribution in [3.63, 3.8) is 0 Å². The molecule has 0 radical (unpaired) electrons. The monoisotopic (exact) mass is 380 g/mol. The van der Waals surface area contributed by atoms with Gasteiger partial charge in [0.1, 0.15) is 6.54 Å². The summed E-state index contributed by atoms with van der Waals surface area (Å²) in [4.78, 5) is 12.6. The number of benzene rings is 1. The van der Waals surface area contributed by atoms with Gasteiger partial charge < -0.3 is 5.32 Å². The lowest BCUT2D eigenvalue weighted by Crippen LogP contribution is -2.44. The van der Waals surface area contributed by atoms with Gasteiger partial charge in [-0.1, -0.05) is 49.8 Å². The van der Waals surface area contributed by atoms with Gasteiger partial charge in [-0.3, -0.25) is 9.10 Å². The molecule has 0 spiro atoms. The van der Waals surface area contributed by atoms with Crippen LogP contribution in [0.2, 0.25) is 0 Å². The molecule has 0 atom stereocenters. The van der Waals surface area contributed by atoms with E-state index in [1.165, 1.54) is 23.6 Å². The molecule has 26 heavy (non-hydrogen) atoms. The summed E-state index contributed by atoms with van der Waals surface area (Å²) in [6.45, 7) is 5.59. The largest absolute Gasteiger partial charge is 0.352 e. The second kappa shape index (κ2) is 8.89. The van der Waals surface area contributed by atoms with Crippen LogP contribution in [0, 0.1) is 20.8 Å². The van der Waals surface area contributed by atoms with Crippen molar-refractivity contribution >= 4 is 21.6 Å². The Bertz CT molecular complexity index is 712. The maximum absolute atomic E-state index is 12.6. The topological polar surface area (TPSA) is 66.5 Å². The van der Waals surface area contributed by atoms with Crippen molar-refractivity contribution in [3.8, 4) is 0 Å². The molecule has 6 heteroatoms. The SMILES string of the molecule is Cc1cc(C)c(N(CC(=O)NC2CCCCCCC2)S(C)(=O)=O)c(C)c1. The molecule has 1 aromatic carbocycles. The van der Waals surface area contributed by atoms with E-state index in [9.17, 15) is 13.2 Å². The molecule has 0 saturated heterocycles. The lowest BCUT2D eigenvalue weighted by atomic mass is 9.97. The quantitative estimate of drug-likeness (QED) is 0.848. The van der Waals surface area contributed by atoms with E-state index < -0.39 is 10.0 Å². The second-order valence-electron chi connectivity index (χ2n) is 7.63. The Labute approximate surface area is 158 Å². The number of carbonyl (C=O) groups is 1. The highest BCUT2D eigenvalue weighted by molar-refractivity contribution is 7.92. The van der Waals surface area contributed by atoms with E-state index in [0.29, 0.717) is 5.69 Å². The molecule has 0 unspecified atom stereocenters. The molecule has 1 aliphatic rings. The first kappa shape index (κ1) is 20.7. The first-order valence-corrected chi connectivity index (χ1v) is 11.4. The van der Waals surface area contributed by atoms with Crippen LogP contribution in [-0.4, -0.2) is 33.2 Å². The molecular weight excluding hydrogens is 348 g/mol. The summed E-state index contributed by atoms with van der Waals surface area (Å²) < 4.78 is 26.0. The molecule has 2 rings (SSSR count). The van der Waals surface area contributed by atoms with Gasteiger partial charge in [0, 0.05) is 6.04 Å². The average Bonchev–Trinajstić information content (AvgIpc) is 2.47. The van der Waals surface area contributed by atoms with E-state index in [0.717, 1.165) is 48.6 Å². The molecule has 1 aliphatic carbocycles. The van der Waals surface area contributed by atoms with Crippen LogP contribution >= 0.6 is 0 Å². The standard InChI is InChI=1S/C20H32N2O3S/c1-15-12-16(2)20(17(3)13-15)22(26(4,24)25)14-19(23)21-18-10-8-6-5-7-9-11-18/h12-13,18H,5-11,14H2,1-4H3,(H,21,23). The molecule has 1 fully saturated rings. The number of nitrogens with one attached hydrogen (secondary N) is 1. The highest BCUT2D eigenvalue weighted by Gasteiger charge is 2.25. The molecule has 1 aromatic rings. The van der Waals surface area contributed by atoms with E-state index in [4.69, 9.17) is 0 Å². The van der Waals surface area contributed by atoms with Crippen molar-refractivity contribution in [2.75, 3.05) is 17.1 Å².